The first-order chi connectivity index (χ1) is 19.2. The predicted octanol–water partition coefficient (Wildman–Crippen LogP) is 5.90. The monoisotopic (exact) mass is 569 g/mol. The molecule has 0 N–H and O–H groups in total. The Kier molecular flexibility index (Phi) is 7.47. The fourth-order valence-corrected chi connectivity index (χ4v) is 3.91. The van der Waals surface area contributed by atoms with Crippen molar-refractivity contribution in [1.82, 2.24) is 34.9 Å². The molecule has 0 amide bonds. The van der Waals surface area contributed by atoms with Crippen molar-refractivity contribution >= 4 is 22.9 Å². The topological polar surface area (TPSA) is 114 Å². The van der Waals surface area contributed by atoms with Crippen molar-refractivity contribution in [3.8, 4) is 34.5 Å². The van der Waals surface area contributed by atoms with Crippen LogP contribution in [0.5, 0.6) is 5.88 Å². The third-order valence-electron chi connectivity index (χ3n) is 5.51. The number of hydrogen-bond acceptors (Lipinski definition) is 9. The molecule has 0 unspecified atom stereocenters. The van der Waals surface area contributed by atoms with Crippen LogP contribution in [0.15, 0.2) is 71.4 Å². The minimum Gasteiger partial charge on any atom is -0.481 e. The van der Waals surface area contributed by atoms with Gasteiger partial charge in [0.15, 0.2) is 18.2 Å². The van der Waals surface area contributed by atoms with Gasteiger partial charge in [-0.25, -0.2) is 4.98 Å². The molecule has 0 fully saturated rings. The van der Waals surface area contributed by atoms with Gasteiger partial charge in [0.2, 0.25) is 23.5 Å². The molecule has 0 bridgehead atoms. The normalized spacial score (nSPS) is 12.2. The lowest BCUT2D eigenvalue weighted by Crippen LogP contribution is -2.18. The number of para-hydroxylation sites is 1. The van der Waals surface area contributed by atoms with Gasteiger partial charge in [-0.15, -0.1) is 20.4 Å². The van der Waals surface area contributed by atoms with Crippen LogP contribution in [0.25, 0.3) is 40.0 Å². The van der Waals surface area contributed by atoms with Crippen molar-refractivity contribution in [3.05, 3.63) is 83.7 Å². The van der Waals surface area contributed by atoms with Gasteiger partial charge in [-0.1, -0.05) is 29.8 Å². The van der Waals surface area contributed by atoms with Crippen LogP contribution in [0.4, 0.5) is 13.2 Å². The molecule has 0 aliphatic carbocycles. The van der Waals surface area contributed by atoms with Crippen LogP contribution >= 0.6 is 11.6 Å². The van der Waals surface area contributed by atoms with Gasteiger partial charge < -0.3 is 13.9 Å². The molecule has 0 radical (unpaired) electrons. The Morgan fingerprint density at radius 1 is 0.975 bits per heavy atom. The summed E-state index contributed by atoms with van der Waals surface area (Å²) in [4.78, 5) is 8.35. The molecule has 5 aromatic rings. The molecule has 0 atom stereocenters. The van der Waals surface area contributed by atoms with Crippen LogP contribution in [-0.2, 0) is 4.74 Å². The fourth-order valence-electron chi connectivity index (χ4n) is 3.69. The molecule has 204 valence electrons. The Hall–Kier alpha value is -4.78. The second-order valence-corrected chi connectivity index (χ2v) is 8.61. The number of alkyl halides is 3. The van der Waals surface area contributed by atoms with Gasteiger partial charge in [0.25, 0.3) is 0 Å². The molecule has 0 saturated carbocycles. The van der Waals surface area contributed by atoms with E-state index in [1.54, 1.807) is 60.8 Å². The Morgan fingerprint density at radius 2 is 1.77 bits per heavy atom. The zero-order valence-electron chi connectivity index (χ0n) is 20.9. The standard InChI is InChI=1S/C26H19ClF3N7O3/c1-15(24-35-36-25(40-24)16-10-12-32-20(13-16)38-2)21(39-14-26(28,29)30)23-34-33-22(18-8-5-6-11-31-18)37(23)19-9-4-3-7-17(19)27/h3-13H,14H2,1-2H3/b21-15-. The number of allylic oxidation sites excluding steroid dienone is 1. The number of nitrogens with zero attached hydrogens (tertiary/aromatic N) is 7. The zero-order valence-corrected chi connectivity index (χ0v) is 21.7. The smallest absolute Gasteiger partial charge is 0.422 e. The third kappa shape index (κ3) is 5.64. The van der Waals surface area contributed by atoms with E-state index in [0.717, 1.165) is 0 Å². The number of halogens is 4. The summed E-state index contributed by atoms with van der Waals surface area (Å²) in [5.41, 5.74) is 1.37. The summed E-state index contributed by atoms with van der Waals surface area (Å²) in [6, 6.07) is 15.1. The van der Waals surface area contributed by atoms with Gasteiger partial charge in [-0.2, -0.15) is 13.2 Å². The van der Waals surface area contributed by atoms with Crippen molar-refractivity contribution in [2.75, 3.05) is 13.7 Å². The molecule has 0 aliphatic rings. The number of aromatic nitrogens is 7. The number of methoxy groups -OCH3 is 1. The van der Waals surface area contributed by atoms with Crippen LogP contribution in [0.2, 0.25) is 5.02 Å². The lowest BCUT2D eigenvalue weighted by Gasteiger charge is -2.17. The Balaban J connectivity index is 1.69. The van der Waals surface area contributed by atoms with Gasteiger partial charge in [0, 0.05) is 24.0 Å². The number of rotatable bonds is 8. The average molecular weight is 570 g/mol. The molecule has 5 rings (SSSR count). The molecule has 4 heterocycles. The molecule has 10 nitrogen and oxygen atoms in total. The lowest BCUT2D eigenvalue weighted by atomic mass is 10.2. The Bertz CT molecular complexity index is 1670. The lowest BCUT2D eigenvalue weighted by molar-refractivity contribution is -0.158. The van der Waals surface area contributed by atoms with Crippen LogP contribution < -0.4 is 4.74 Å². The summed E-state index contributed by atoms with van der Waals surface area (Å²) in [5.74, 6) is 0.145. The maximum atomic E-state index is 13.4. The summed E-state index contributed by atoms with van der Waals surface area (Å²) in [6.07, 6.45) is -1.61. The third-order valence-corrected chi connectivity index (χ3v) is 5.83. The average Bonchev–Trinajstić information content (AvgIpc) is 3.62. The number of pyridine rings is 2. The molecule has 14 heteroatoms. The van der Waals surface area contributed by atoms with E-state index in [2.05, 4.69) is 30.4 Å². The molecule has 4 aromatic heterocycles. The van der Waals surface area contributed by atoms with E-state index in [4.69, 9.17) is 25.5 Å². The first kappa shape index (κ1) is 26.8. The first-order valence-electron chi connectivity index (χ1n) is 11.6. The highest BCUT2D eigenvalue weighted by atomic mass is 35.5. The van der Waals surface area contributed by atoms with Gasteiger partial charge in [0.1, 0.15) is 5.69 Å². The van der Waals surface area contributed by atoms with Crippen LogP contribution in [0, 0.1) is 0 Å². The summed E-state index contributed by atoms with van der Waals surface area (Å²) in [5, 5.41) is 16.8. The van der Waals surface area contributed by atoms with E-state index in [9.17, 15) is 13.2 Å². The second-order valence-electron chi connectivity index (χ2n) is 8.21. The molecular formula is C26H19ClF3N7O3. The van der Waals surface area contributed by atoms with Crippen molar-refractivity contribution in [2.24, 2.45) is 0 Å². The number of benzene rings is 1. The van der Waals surface area contributed by atoms with E-state index in [-0.39, 0.29) is 34.8 Å². The van der Waals surface area contributed by atoms with E-state index < -0.39 is 12.8 Å². The maximum Gasteiger partial charge on any atom is 0.422 e. The van der Waals surface area contributed by atoms with Crippen LogP contribution in [0.3, 0.4) is 0 Å². The Morgan fingerprint density at radius 3 is 2.50 bits per heavy atom. The summed E-state index contributed by atoms with van der Waals surface area (Å²) in [7, 11) is 1.46. The van der Waals surface area contributed by atoms with E-state index in [1.807, 2.05) is 0 Å². The van der Waals surface area contributed by atoms with Gasteiger partial charge >= 0.3 is 6.18 Å². The SMILES string of the molecule is COc1cc(-c2nnc(/C(C)=C(\OCC(F)(F)F)c3nnc(-c4ccccn4)n3-c3ccccc3Cl)o2)ccn1. The predicted molar refractivity (Wildman–Crippen MR) is 138 cm³/mol. The minimum atomic E-state index is -4.65. The molecule has 1 aromatic carbocycles. The van der Waals surface area contributed by atoms with Crippen molar-refractivity contribution in [3.63, 3.8) is 0 Å². The molecule has 40 heavy (non-hydrogen) atoms. The largest absolute Gasteiger partial charge is 0.481 e. The summed E-state index contributed by atoms with van der Waals surface area (Å²) < 4.78 is 57.8. The van der Waals surface area contributed by atoms with Crippen molar-refractivity contribution < 1.29 is 27.1 Å². The molecular weight excluding hydrogens is 551 g/mol. The fraction of sp³-hybridized carbons (Fsp3) is 0.154. The van der Waals surface area contributed by atoms with Crippen LogP contribution in [0.1, 0.15) is 18.6 Å². The van der Waals surface area contributed by atoms with Gasteiger partial charge in [-0.3, -0.25) is 9.55 Å². The Labute approximate surface area is 230 Å². The maximum absolute atomic E-state index is 13.4. The zero-order chi connectivity index (χ0) is 28.3. The summed E-state index contributed by atoms with van der Waals surface area (Å²) >= 11 is 6.50. The van der Waals surface area contributed by atoms with Crippen molar-refractivity contribution in [1.29, 1.82) is 0 Å². The quantitative estimate of drug-likeness (QED) is 0.211. The van der Waals surface area contributed by atoms with Gasteiger partial charge in [0.05, 0.1) is 23.4 Å². The molecule has 0 aliphatic heterocycles. The summed E-state index contributed by atoms with van der Waals surface area (Å²) in [6.45, 7) is -0.140. The highest BCUT2D eigenvalue weighted by Gasteiger charge is 2.32. The molecule has 0 spiro atoms. The molecule has 0 saturated heterocycles. The highest BCUT2D eigenvalue weighted by Crippen LogP contribution is 2.34. The second kappa shape index (κ2) is 11.1. The van der Waals surface area contributed by atoms with Gasteiger partial charge in [-0.05, 0) is 37.3 Å². The van der Waals surface area contributed by atoms with E-state index in [0.29, 0.717) is 27.8 Å². The van der Waals surface area contributed by atoms with E-state index in [1.165, 1.54) is 24.8 Å². The minimum absolute atomic E-state index is 0.0808. The number of hydrogen-bond donors (Lipinski definition) is 0. The number of ether oxygens (including phenoxy) is 2. The van der Waals surface area contributed by atoms with E-state index >= 15 is 0 Å². The van der Waals surface area contributed by atoms with Crippen molar-refractivity contribution in [2.45, 2.75) is 13.1 Å². The van der Waals surface area contributed by atoms with Crippen LogP contribution in [-0.4, -0.2) is 54.8 Å². The highest BCUT2D eigenvalue weighted by molar-refractivity contribution is 6.32. The first-order valence-corrected chi connectivity index (χ1v) is 12.0.